The molecule has 3 heteroatoms. The Morgan fingerprint density at radius 1 is 1.30 bits per heavy atom. The molecule has 1 fully saturated rings. The number of ether oxygens (including phenoxy) is 1. The van der Waals surface area contributed by atoms with Crippen LogP contribution >= 0.6 is 0 Å². The second-order valence-corrected chi connectivity index (χ2v) is 5.63. The van der Waals surface area contributed by atoms with Crippen LogP contribution < -0.4 is 5.32 Å². The van der Waals surface area contributed by atoms with E-state index in [9.17, 15) is 4.79 Å². The van der Waals surface area contributed by atoms with Crippen LogP contribution in [0.25, 0.3) is 0 Å². The molecule has 1 aromatic rings. The Labute approximate surface area is 121 Å². The van der Waals surface area contributed by atoms with Gasteiger partial charge in [0.15, 0.2) is 0 Å². The minimum atomic E-state index is -0.204. The number of methoxy groups -OCH3 is 1. The van der Waals surface area contributed by atoms with Crippen molar-refractivity contribution in [3.63, 3.8) is 0 Å². The van der Waals surface area contributed by atoms with Gasteiger partial charge in [-0.05, 0) is 24.4 Å². The average molecular weight is 275 g/mol. The van der Waals surface area contributed by atoms with E-state index in [1.54, 1.807) is 0 Å². The summed E-state index contributed by atoms with van der Waals surface area (Å²) in [6.07, 6.45) is 6.75. The van der Waals surface area contributed by atoms with Crippen molar-refractivity contribution in [2.45, 2.75) is 38.0 Å². The standard InChI is InChI=1S/C17H25NO2/c1-20-17(19)16(15-9-3-2-4-10-15)13-18-12-11-14-7-5-6-8-14/h2-4,9-10,14,16,18H,5-8,11-13H2,1H3. The third kappa shape index (κ3) is 4.34. The van der Waals surface area contributed by atoms with Gasteiger partial charge in [-0.15, -0.1) is 0 Å². The first-order chi connectivity index (χ1) is 9.81. The van der Waals surface area contributed by atoms with E-state index < -0.39 is 0 Å². The molecule has 1 aliphatic rings. The van der Waals surface area contributed by atoms with Crippen molar-refractivity contribution in [3.05, 3.63) is 35.9 Å². The van der Waals surface area contributed by atoms with E-state index in [1.807, 2.05) is 30.3 Å². The summed E-state index contributed by atoms with van der Waals surface area (Å²) in [5, 5.41) is 3.43. The molecule has 0 spiro atoms. The van der Waals surface area contributed by atoms with Crippen LogP contribution in [-0.2, 0) is 9.53 Å². The van der Waals surface area contributed by atoms with Crippen molar-refractivity contribution in [2.75, 3.05) is 20.2 Å². The fourth-order valence-electron chi connectivity index (χ4n) is 3.02. The van der Waals surface area contributed by atoms with E-state index in [0.717, 1.165) is 18.0 Å². The molecule has 0 saturated heterocycles. The number of esters is 1. The lowest BCUT2D eigenvalue weighted by Gasteiger charge is -2.16. The maximum absolute atomic E-state index is 11.9. The van der Waals surface area contributed by atoms with E-state index >= 15 is 0 Å². The topological polar surface area (TPSA) is 38.3 Å². The van der Waals surface area contributed by atoms with E-state index in [2.05, 4.69) is 5.32 Å². The molecular formula is C17H25NO2. The smallest absolute Gasteiger partial charge is 0.314 e. The van der Waals surface area contributed by atoms with Crippen molar-refractivity contribution in [3.8, 4) is 0 Å². The van der Waals surface area contributed by atoms with Gasteiger partial charge in [0.1, 0.15) is 0 Å². The molecule has 0 aromatic heterocycles. The lowest BCUT2D eigenvalue weighted by atomic mass is 9.99. The number of nitrogens with one attached hydrogen (secondary N) is 1. The van der Waals surface area contributed by atoms with Crippen LogP contribution in [0, 0.1) is 5.92 Å². The van der Waals surface area contributed by atoms with Gasteiger partial charge in [0, 0.05) is 6.54 Å². The lowest BCUT2D eigenvalue weighted by Crippen LogP contribution is -2.29. The first kappa shape index (κ1) is 15.0. The van der Waals surface area contributed by atoms with Crippen molar-refractivity contribution < 1.29 is 9.53 Å². The molecule has 110 valence electrons. The fourth-order valence-corrected chi connectivity index (χ4v) is 3.02. The summed E-state index contributed by atoms with van der Waals surface area (Å²) < 4.78 is 4.92. The summed E-state index contributed by atoms with van der Waals surface area (Å²) in [7, 11) is 1.46. The molecule has 0 aliphatic heterocycles. The van der Waals surface area contributed by atoms with Crippen LogP contribution in [0.5, 0.6) is 0 Å². The van der Waals surface area contributed by atoms with Crippen LogP contribution in [0.1, 0.15) is 43.6 Å². The Morgan fingerprint density at radius 3 is 2.65 bits per heavy atom. The highest BCUT2D eigenvalue weighted by atomic mass is 16.5. The molecule has 20 heavy (non-hydrogen) atoms. The number of benzene rings is 1. The Hall–Kier alpha value is -1.35. The van der Waals surface area contributed by atoms with Gasteiger partial charge < -0.3 is 10.1 Å². The predicted molar refractivity (Wildman–Crippen MR) is 80.6 cm³/mol. The molecule has 1 atom stereocenters. The van der Waals surface area contributed by atoms with E-state index in [0.29, 0.717) is 6.54 Å². The summed E-state index contributed by atoms with van der Waals surface area (Å²) in [6, 6.07) is 9.86. The van der Waals surface area contributed by atoms with Gasteiger partial charge in [-0.25, -0.2) is 0 Å². The van der Waals surface area contributed by atoms with Gasteiger partial charge in [0.2, 0.25) is 0 Å². The van der Waals surface area contributed by atoms with Crippen molar-refractivity contribution >= 4 is 5.97 Å². The second kappa shape index (κ2) is 8.05. The molecule has 2 rings (SSSR count). The fraction of sp³-hybridized carbons (Fsp3) is 0.588. The van der Waals surface area contributed by atoms with Crippen molar-refractivity contribution in [1.82, 2.24) is 5.32 Å². The Balaban J connectivity index is 1.80. The normalized spacial score (nSPS) is 17.1. The van der Waals surface area contributed by atoms with Crippen LogP contribution in [0.4, 0.5) is 0 Å². The summed E-state index contributed by atoms with van der Waals surface area (Å²) in [5.41, 5.74) is 1.02. The summed E-state index contributed by atoms with van der Waals surface area (Å²) in [5.74, 6) is 0.519. The van der Waals surface area contributed by atoms with E-state index in [4.69, 9.17) is 4.74 Å². The zero-order valence-electron chi connectivity index (χ0n) is 12.3. The van der Waals surface area contributed by atoms with Gasteiger partial charge >= 0.3 is 5.97 Å². The van der Waals surface area contributed by atoms with Crippen molar-refractivity contribution in [1.29, 1.82) is 0 Å². The third-order valence-electron chi connectivity index (χ3n) is 4.24. The van der Waals surface area contributed by atoms with Crippen LogP contribution in [0.3, 0.4) is 0 Å². The molecular weight excluding hydrogens is 250 g/mol. The molecule has 0 radical (unpaired) electrons. The Bertz CT molecular complexity index is 399. The predicted octanol–water partition coefficient (Wildman–Crippen LogP) is 3.11. The molecule has 0 heterocycles. The summed E-state index contributed by atoms with van der Waals surface area (Å²) in [4.78, 5) is 11.9. The van der Waals surface area contributed by atoms with E-state index in [1.165, 1.54) is 39.2 Å². The highest BCUT2D eigenvalue weighted by Gasteiger charge is 2.21. The minimum absolute atomic E-state index is 0.162. The average Bonchev–Trinajstić information content (AvgIpc) is 3.01. The molecule has 3 nitrogen and oxygen atoms in total. The SMILES string of the molecule is COC(=O)C(CNCCC1CCCC1)c1ccccc1. The molecule has 1 aromatic carbocycles. The van der Waals surface area contributed by atoms with E-state index in [-0.39, 0.29) is 11.9 Å². The van der Waals surface area contributed by atoms with Crippen LogP contribution in [0.2, 0.25) is 0 Å². The number of rotatable bonds is 7. The minimum Gasteiger partial charge on any atom is -0.469 e. The molecule has 1 unspecified atom stereocenters. The number of carbonyl (C=O) groups excluding carboxylic acids is 1. The number of hydrogen-bond donors (Lipinski definition) is 1. The Kier molecular flexibility index (Phi) is 6.06. The van der Waals surface area contributed by atoms with Gasteiger partial charge in [-0.2, -0.15) is 0 Å². The lowest BCUT2D eigenvalue weighted by molar-refractivity contribution is -0.142. The summed E-state index contributed by atoms with van der Waals surface area (Å²) >= 11 is 0. The first-order valence-electron chi connectivity index (χ1n) is 7.64. The summed E-state index contributed by atoms with van der Waals surface area (Å²) in [6.45, 7) is 1.65. The maximum Gasteiger partial charge on any atom is 0.314 e. The number of hydrogen-bond acceptors (Lipinski definition) is 3. The largest absolute Gasteiger partial charge is 0.469 e. The highest BCUT2D eigenvalue weighted by Crippen LogP contribution is 2.27. The molecule has 1 saturated carbocycles. The van der Waals surface area contributed by atoms with Gasteiger partial charge in [-0.1, -0.05) is 56.0 Å². The van der Waals surface area contributed by atoms with Crippen molar-refractivity contribution in [2.24, 2.45) is 5.92 Å². The Morgan fingerprint density at radius 2 is 2.00 bits per heavy atom. The molecule has 0 amide bonds. The zero-order valence-corrected chi connectivity index (χ0v) is 12.3. The monoisotopic (exact) mass is 275 g/mol. The maximum atomic E-state index is 11.9. The van der Waals surface area contributed by atoms with Crippen LogP contribution in [-0.4, -0.2) is 26.2 Å². The number of carbonyl (C=O) groups is 1. The second-order valence-electron chi connectivity index (χ2n) is 5.63. The first-order valence-corrected chi connectivity index (χ1v) is 7.64. The molecule has 0 bridgehead atoms. The molecule has 1 aliphatic carbocycles. The third-order valence-corrected chi connectivity index (χ3v) is 4.24. The zero-order chi connectivity index (χ0) is 14.2. The quantitative estimate of drug-likeness (QED) is 0.614. The van der Waals surface area contributed by atoms with Crippen LogP contribution in [0.15, 0.2) is 30.3 Å². The van der Waals surface area contributed by atoms with Gasteiger partial charge in [0.25, 0.3) is 0 Å². The highest BCUT2D eigenvalue weighted by molar-refractivity contribution is 5.78. The van der Waals surface area contributed by atoms with Gasteiger partial charge in [-0.3, -0.25) is 4.79 Å². The van der Waals surface area contributed by atoms with Gasteiger partial charge in [0.05, 0.1) is 13.0 Å². The molecule has 1 N–H and O–H groups in total.